The van der Waals surface area contributed by atoms with Gasteiger partial charge in [-0.1, -0.05) is 0 Å². The summed E-state index contributed by atoms with van der Waals surface area (Å²) in [6.07, 6.45) is 2.41. The summed E-state index contributed by atoms with van der Waals surface area (Å²) in [7, 11) is 0. The number of pyridine rings is 1. The summed E-state index contributed by atoms with van der Waals surface area (Å²) in [5, 5.41) is 12.3. The average molecular weight is 313 g/mol. The van der Waals surface area contributed by atoms with E-state index >= 15 is 0 Å². The van der Waals surface area contributed by atoms with Crippen LogP contribution < -0.4 is 5.73 Å². The van der Waals surface area contributed by atoms with Crippen LogP contribution in [0.2, 0.25) is 0 Å². The fourth-order valence-electron chi connectivity index (χ4n) is 3.24. The fraction of sp³-hybridized carbons (Fsp3) is 0.375. The van der Waals surface area contributed by atoms with Crippen molar-refractivity contribution in [2.75, 3.05) is 18.8 Å². The number of hydrogen-bond donors (Lipinski definition) is 2. The molecule has 3 aromatic rings. The van der Waals surface area contributed by atoms with E-state index in [0.717, 1.165) is 29.8 Å². The van der Waals surface area contributed by atoms with Gasteiger partial charge in [0.05, 0.1) is 5.39 Å². The average Bonchev–Trinajstić information content (AvgIpc) is 3.18. The molecule has 0 amide bonds. The third-order valence-electron chi connectivity index (χ3n) is 4.38. The molecule has 4 heterocycles. The molecular weight excluding hydrogens is 294 g/mol. The molecule has 22 heavy (non-hydrogen) atoms. The van der Waals surface area contributed by atoms with Gasteiger partial charge >= 0.3 is 0 Å². The number of nitrogens with one attached hydrogen (secondary N) is 1. The van der Waals surface area contributed by atoms with Crippen LogP contribution in [0.3, 0.4) is 0 Å². The van der Waals surface area contributed by atoms with Crippen molar-refractivity contribution in [1.29, 1.82) is 0 Å². The normalized spacial score (nSPS) is 19.7. The maximum Gasteiger partial charge on any atom is 0.183 e. The summed E-state index contributed by atoms with van der Waals surface area (Å²) in [5.74, 6) is 1.08. The molecule has 0 unspecified atom stereocenters. The molecule has 1 atom stereocenters. The largest absolute Gasteiger partial charge is 0.384 e. The number of rotatable bonds is 3. The van der Waals surface area contributed by atoms with Gasteiger partial charge in [-0.25, -0.2) is 4.98 Å². The fourth-order valence-corrected chi connectivity index (χ4v) is 3.90. The van der Waals surface area contributed by atoms with Gasteiger partial charge in [0, 0.05) is 24.7 Å². The molecule has 1 saturated heterocycles. The number of aromatic nitrogens is 3. The molecule has 4 rings (SSSR count). The molecule has 0 radical (unpaired) electrons. The monoisotopic (exact) mass is 313 g/mol. The standard InChI is InChI=1S/C16H19N5S/c17-15-13-3-4-14(18-16(13)20-19-15)12-2-1-6-21(9-12)8-11-5-7-22-10-11/h3-5,7,10,12H,1-2,6,8-9H2,(H3,17,18,19,20)/t12-/m0/s1. The first-order chi connectivity index (χ1) is 10.8. The Morgan fingerprint density at radius 2 is 2.32 bits per heavy atom. The van der Waals surface area contributed by atoms with Crippen LogP contribution >= 0.6 is 11.3 Å². The van der Waals surface area contributed by atoms with Crippen LogP contribution in [-0.4, -0.2) is 33.2 Å². The van der Waals surface area contributed by atoms with Gasteiger partial charge in [-0.05, 0) is 53.9 Å². The smallest absolute Gasteiger partial charge is 0.183 e. The maximum atomic E-state index is 5.84. The topological polar surface area (TPSA) is 70.8 Å². The number of aromatic amines is 1. The lowest BCUT2D eigenvalue weighted by Gasteiger charge is -2.32. The summed E-state index contributed by atoms with van der Waals surface area (Å²) < 4.78 is 0. The molecule has 3 N–H and O–H groups in total. The Balaban J connectivity index is 1.53. The lowest BCUT2D eigenvalue weighted by atomic mass is 9.94. The summed E-state index contributed by atoms with van der Waals surface area (Å²) in [5.41, 5.74) is 9.11. The van der Waals surface area contributed by atoms with Gasteiger partial charge in [-0.15, -0.1) is 0 Å². The van der Waals surface area contributed by atoms with Gasteiger partial charge in [0.2, 0.25) is 0 Å². The minimum absolute atomic E-state index is 0.481. The van der Waals surface area contributed by atoms with Crippen LogP contribution in [0.15, 0.2) is 29.0 Å². The first-order valence-corrected chi connectivity index (χ1v) is 8.58. The first-order valence-electron chi connectivity index (χ1n) is 7.63. The van der Waals surface area contributed by atoms with Crippen molar-refractivity contribution >= 4 is 28.2 Å². The lowest BCUT2D eigenvalue weighted by molar-refractivity contribution is 0.199. The molecule has 0 bridgehead atoms. The van der Waals surface area contributed by atoms with Crippen molar-refractivity contribution in [3.63, 3.8) is 0 Å². The van der Waals surface area contributed by atoms with E-state index in [1.54, 1.807) is 11.3 Å². The number of piperidine rings is 1. The Kier molecular flexibility index (Phi) is 3.56. The SMILES string of the molecule is Nc1[nH]nc2nc([C@H]3CCCN(Cc4ccsc4)C3)ccc12. The molecule has 0 spiro atoms. The quantitative estimate of drug-likeness (QED) is 0.780. The predicted octanol–water partition coefficient (Wildman–Crippen LogP) is 2.98. The zero-order chi connectivity index (χ0) is 14.9. The van der Waals surface area contributed by atoms with Crippen molar-refractivity contribution in [2.45, 2.75) is 25.3 Å². The first kappa shape index (κ1) is 13.7. The van der Waals surface area contributed by atoms with Crippen molar-refractivity contribution in [2.24, 2.45) is 0 Å². The van der Waals surface area contributed by atoms with Gasteiger partial charge in [-0.2, -0.15) is 16.4 Å². The van der Waals surface area contributed by atoms with E-state index in [2.05, 4.69) is 38.0 Å². The molecule has 1 fully saturated rings. The number of nitrogen functional groups attached to an aromatic ring is 1. The summed E-state index contributed by atoms with van der Waals surface area (Å²) in [6.45, 7) is 3.27. The second-order valence-corrected chi connectivity index (χ2v) is 6.73. The van der Waals surface area contributed by atoms with Crippen LogP contribution in [0.25, 0.3) is 11.0 Å². The summed E-state index contributed by atoms with van der Waals surface area (Å²) >= 11 is 1.77. The number of nitrogens with zero attached hydrogens (tertiary/aromatic N) is 3. The Bertz CT molecular complexity index is 764. The molecule has 6 heteroatoms. The highest BCUT2D eigenvalue weighted by Gasteiger charge is 2.23. The van der Waals surface area contributed by atoms with E-state index in [-0.39, 0.29) is 0 Å². The number of nitrogens with two attached hydrogens (primary N) is 1. The minimum Gasteiger partial charge on any atom is -0.384 e. The molecule has 5 nitrogen and oxygen atoms in total. The Morgan fingerprint density at radius 3 is 3.18 bits per heavy atom. The number of anilines is 1. The van der Waals surface area contributed by atoms with Crippen molar-refractivity contribution in [1.82, 2.24) is 20.1 Å². The maximum absolute atomic E-state index is 5.84. The highest BCUT2D eigenvalue weighted by molar-refractivity contribution is 7.07. The van der Waals surface area contributed by atoms with Crippen molar-refractivity contribution in [3.05, 3.63) is 40.2 Å². The second kappa shape index (κ2) is 5.70. The number of likely N-dealkylation sites (tertiary alicyclic amines) is 1. The van der Waals surface area contributed by atoms with Crippen LogP contribution in [0.1, 0.15) is 30.0 Å². The summed E-state index contributed by atoms with van der Waals surface area (Å²) in [4.78, 5) is 7.23. The zero-order valence-electron chi connectivity index (χ0n) is 12.3. The zero-order valence-corrected chi connectivity index (χ0v) is 13.1. The molecule has 0 aliphatic carbocycles. The second-order valence-electron chi connectivity index (χ2n) is 5.95. The van der Waals surface area contributed by atoms with Crippen LogP contribution in [0, 0.1) is 0 Å². The Hall–Kier alpha value is -1.92. The molecule has 1 aliphatic heterocycles. The van der Waals surface area contributed by atoms with Crippen LogP contribution in [0.5, 0.6) is 0 Å². The third-order valence-corrected chi connectivity index (χ3v) is 5.11. The highest BCUT2D eigenvalue weighted by Crippen LogP contribution is 2.28. The van der Waals surface area contributed by atoms with E-state index in [1.807, 2.05) is 6.07 Å². The van der Waals surface area contributed by atoms with Gasteiger partial charge in [0.15, 0.2) is 5.65 Å². The molecule has 0 aromatic carbocycles. The summed E-state index contributed by atoms with van der Waals surface area (Å²) in [6, 6.07) is 6.35. The van der Waals surface area contributed by atoms with Gasteiger partial charge in [0.1, 0.15) is 5.82 Å². The number of hydrogen-bond acceptors (Lipinski definition) is 5. The predicted molar refractivity (Wildman–Crippen MR) is 89.9 cm³/mol. The molecule has 3 aromatic heterocycles. The highest BCUT2D eigenvalue weighted by atomic mass is 32.1. The van der Waals surface area contributed by atoms with Crippen LogP contribution in [0.4, 0.5) is 5.82 Å². The molecular formula is C16H19N5S. The third kappa shape index (κ3) is 2.60. The van der Waals surface area contributed by atoms with Crippen molar-refractivity contribution < 1.29 is 0 Å². The van der Waals surface area contributed by atoms with E-state index in [0.29, 0.717) is 11.7 Å². The molecule has 0 saturated carbocycles. The van der Waals surface area contributed by atoms with Crippen molar-refractivity contribution in [3.8, 4) is 0 Å². The minimum atomic E-state index is 0.481. The Labute approximate surface area is 133 Å². The van der Waals surface area contributed by atoms with Gasteiger partial charge in [0.25, 0.3) is 0 Å². The van der Waals surface area contributed by atoms with Crippen LogP contribution in [-0.2, 0) is 6.54 Å². The molecule has 1 aliphatic rings. The number of H-pyrrole nitrogens is 1. The lowest BCUT2D eigenvalue weighted by Crippen LogP contribution is -2.34. The molecule has 114 valence electrons. The van der Waals surface area contributed by atoms with E-state index in [1.165, 1.54) is 24.9 Å². The number of fused-ring (bicyclic) bond motifs is 1. The number of thiophene rings is 1. The van der Waals surface area contributed by atoms with E-state index in [9.17, 15) is 0 Å². The van der Waals surface area contributed by atoms with Gasteiger partial charge in [-0.3, -0.25) is 10.00 Å². The van der Waals surface area contributed by atoms with E-state index in [4.69, 9.17) is 10.7 Å². The van der Waals surface area contributed by atoms with E-state index < -0.39 is 0 Å². The Morgan fingerprint density at radius 1 is 1.36 bits per heavy atom. The van der Waals surface area contributed by atoms with Gasteiger partial charge < -0.3 is 5.73 Å².